The van der Waals surface area contributed by atoms with Crippen LogP contribution in [0, 0.1) is 6.92 Å². The molecule has 1 aromatic carbocycles. The molecule has 180 valence electrons. The molecule has 1 atom stereocenters. The summed E-state index contributed by atoms with van der Waals surface area (Å²) in [5, 5.41) is 2.72. The van der Waals surface area contributed by atoms with Gasteiger partial charge in [-0.3, -0.25) is 4.79 Å². The van der Waals surface area contributed by atoms with Gasteiger partial charge in [0.05, 0.1) is 24.3 Å². The maximum Gasteiger partial charge on any atom is 0.348 e. The van der Waals surface area contributed by atoms with Crippen LogP contribution in [0.1, 0.15) is 63.1 Å². The Hall–Kier alpha value is -3.73. The molecule has 0 saturated heterocycles. The molecule has 0 spiro atoms. The van der Waals surface area contributed by atoms with E-state index in [-0.39, 0.29) is 40.6 Å². The zero-order valence-corrected chi connectivity index (χ0v) is 19.9. The Morgan fingerprint density at radius 2 is 1.76 bits per heavy atom. The van der Waals surface area contributed by atoms with Gasteiger partial charge in [-0.2, -0.15) is 0 Å². The van der Waals surface area contributed by atoms with Crippen LogP contribution in [0.25, 0.3) is 11.1 Å². The van der Waals surface area contributed by atoms with Gasteiger partial charge in [0.2, 0.25) is 0 Å². The molecule has 0 bridgehead atoms. The van der Waals surface area contributed by atoms with Crippen LogP contribution in [-0.2, 0) is 19.0 Å². The smallest absolute Gasteiger partial charge is 0.348 e. The van der Waals surface area contributed by atoms with E-state index >= 15 is 0 Å². The highest BCUT2D eigenvalue weighted by Crippen LogP contribution is 2.34. The lowest BCUT2D eigenvalue weighted by atomic mass is 10.1. The van der Waals surface area contributed by atoms with E-state index in [1.165, 1.54) is 12.5 Å². The van der Waals surface area contributed by atoms with E-state index in [1.807, 2.05) is 0 Å². The molecule has 0 radical (unpaired) electrons. The number of carbonyl (C=O) groups is 4. The average Bonchev–Trinajstić information content (AvgIpc) is 3.41. The minimum Gasteiger partial charge on any atom is -0.462 e. The molecule has 10 nitrogen and oxygen atoms in total. The summed E-state index contributed by atoms with van der Waals surface area (Å²) in [5.74, 6) is -2.72. The van der Waals surface area contributed by atoms with Gasteiger partial charge < -0.3 is 23.9 Å². The Labute approximate surface area is 199 Å². The number of anilines is 1. The van der Waals surface area contributed by atoms with E-state index in [0.717, 1.165) is 11.3 Å². The van der Waals surface area contributed by atoms with Crippen molar-refractivity contribution in [3.8, 4) is 0 Å². The molecular weight excluding hydrogens is 464 g/mol. The molecule has 0 fully saturated rings. The van der Waals surface area contributed by atoms with Crippen LogP contribution in [0.3, 0.4) is 0 Å². The zero-order chi connectivity index (χ0) is 24.8. The number of ether oxygens (including phenoxy) is 3. The molecular formula is C23H24N2O8S. The number of rotatable bonds is 9. The average molecular weight is 489 g/mol. The van der Waals surface area contributed by atoms with Gasteiger partial charge in [-0.05, 0) is 44.9 Å². The largest absolute Gasteiger partial charge is 0.462 e. The zero-order valence-electron chi connectivity index (χ0n) is 19.1. The first-order valence-corrected chi connectivity index (χ1v) is 11.5. The number of esters is 3. The maximum atomic E-state index is 13.0. The number of carbonyl (C=O) groups excluding carboxylic acids is 4. The molecule has 3 rings (SSSR count). The second kappa shape index (κ2) is 10.9. The van der Waals surface area contributed by atoms with Crippen molar-refractivity contribution in [2.75, 3.05) is 18.5 Å². The summed E-state index contributed by atoms with van der Waals surface area (Å²) < 4.78 is 20.8. The monoisotopic (exact) mass is 488 g/mol. The number of amides is 1. The fraction of sp³-hybridized carbons (Fsp3) is 0.348. The van der Waals surface area contributed by atoms with E-state index in [9.17, 15) is 19.2 Å². The van der Waals surface area contributed by atoms with E-state index in [2.05, 4.69) is 10.3 Å². The molecule has 11 heteroatoms. The summed E-state index contributed by atoms with van der Waals surface area (Å²) in [6.45, 7) is 6.81. The number of fused-ring (bicyclic) bond motifs is 1. The van der Waals surface area contributed by atoms with Crippen molar-refractivity contribution in [3.63, 3.8) is 0 Å². The number of aromatic nitrogens is 1. The van der Waals surface area contributed by atoms with Crippen LogP contribution >= 0.6 is 11.3 Å². The van der Waals surface area contributed by atoms with Crippen molar-refractivity contribution >= 4 is 51.3 Å². The minimum absolute atomic E-state index is 0.0526. The minimum atomic E-state index is -1.17. The number of oxazole rings is 1. The van der Waals surface area contributed by atoms with Crippen molar-refractivity contribution in [2.45, 2.75) is 40.2 Å². The number of thiophene rings is 1. The van der Waals surface area contributed by atoms with Crippen molar-refractivity contribution in [1.29, 1.82) is 0 Å². The number of hydrogen-bond acceptors (Lipinski definition) is 10. The molecule has 0 aliphatic heterocycles. The molecule has 0 aliphatic carbocycles. The Morgan fingerprint density at radius 1 is 1.06 bits per heavy atom. The third-order valence-electron chi connectivity index (χ3n) is 4.82. The summed E-state index contributed by atoms with van der Waals surface area (Å²) in [6.07, 6.45) is 0.205. The van der Waals surface area contributed by atoms with Gasteiger partial charge in [0.15, 0.2) is 18.1 Å². The molecule has 1 amide bonds. The second-order valence-corrected chi connectivity index (χ2v) is 8.02. The lowest BCUT2D eigenvalue weighted by Crippen LogP contribution is -2.32. The first-order chi connectivity index (χ1) is 16.3. The fourth-order valence-corrected chi connectivity index (χ4v) is 4.29. The predicted molar refractivity (Wildman–Crippen MR) is 123 cm³/mol. The highest BCUT2D eigenvalue weighted by Gasteiger charge is 2.30. The Balaban J connectivity index is 1.85. The van der Waals surface area contributed by atoms with Crippen LogP contribution in [0.2, 0.25) is 0 Å². The molecule has 3 aromatic rings. The van der Waals surface area contributed by atoms with Crippen LogP contribution < -0.4 is 5.32 Å². The van der Waals surface area contributed by atoms with Crippen molar-refractivity contribution < 1.29 is 37.8 Å². The third-order valence-corrected chi connectivity index (χ3v) is 6.00. The normalized spacial score (nSPS) is 11.6. The first kappa shape index (κ1) is 24.9. The van der Waals surface area contributed by atoms with Crippen LogP contribution in [0.4, 0.5) is 5.00 Å². The Morgan fingerprint density at radius 3 is 2.44 bits per heavy atom. The van der Waals surface area contributed by atoms with Gasteiger partial charge in [0, 0.05) is 0 Å². The predicted octanol–water partition coefficient (Wildman–Crippen LogP) is 4.13. The topological polar surface area (TPSA) is 134 Å². The molecule has 0 aliphatic rings. The molecule has 2 heterocycles. The highest BCUT2D eigenvalue weighted by atomic mass is 32.1. The molecule has 1 unspecified atom stereocenters. The van der Waals surface area contributed by atoms with Gasteiger partial charge >= 0.3 is 17.9 Å². The lowest BCUT2D eigenvalue weighted by molar-refractivity contribution is -0.124. The van der Waals surface area contributed by atoms with Gasteiger partial charge in [-0.25, -0.2) is 19.4 Å². The lowest BCUT2D eigenvalue weighted by Gasteiger charge is -2.16. The van der Waals surface area contributed by atoms with Crippen LogP contribution in [-0.4, -0.2) is 48.1 Å². The maximum absolute atomic E-state index is 13.0. The SMILES string of the molecule is CCOC(=O)c1sc(NC(=O)C(CC)OC(=O)c2cccc3ocnc23)c(C(=O)OCC)c1C. The summed E-state index contributed by atoms with van der Waals surface area (Å²) in [5.41, 5.74) is 1.27. The van der Waals surface area contributed by atoms with Crippen molar-refractivity contribution in [2.24, 2.45) is 0 Å². The van der Waals surface area contributed by atoms with E-state index in [4.69, 9.17) is 18.6 Å². The van der Waals surface area contributed by atoms with Crippen LogP contribution in [0.15, 0.2) is 29.0 Å². The number of nitrogens with zero attached hydrogens (tertiary/aromatic N) is 1. The fourth-order valence-electron chi connectivity index (χ4n) is 3.20. The molecule has 0 saturated carbocycles. The van der Waals surface area contributed by atoms with E-state index in [1.54, 1.807) is 39.8 Å². The third kappa shape index (κ3) is 5.09. The number of hydrogen-bond donors (Lipinski definition) is 1. The van der Waals surface area contributed by atoms with Gasteiger partial charge in [0.1, 0.15) is 15.4 Å². The standard InChI is InChI=1S/C23H24N2O8S/c1-5-14(33-21(27)13-9-8-10-15-17(13)24-11-32-15)19(26)25-20-16(22(28)30-6-2)12(4)18(34-20)23(29)31-7-3/h8-11,14H,5-7H2,1-4H3,(H,25,26). The molecule has 1 N–H and O–H groups in total. The Bertz CT molecular complexity index is 1230. The summed E-state index contributed by atoms with van der Waals surface area (Å²) in [4.78, 5) is 54.8. The highest BCUT2D eigenvalue weighted by molar-refractivity contribution is 7.18. The first-order valence-electron chi connectivity index (χ1n) is 10.6. The summed E-state index contributed by atoms with van der Waals surface area (Å²) >= 11 is 0.893. The van der Waals surface area contributed by atoms with Crippen molar-refractivity contribution in [1.82, 2.24) is 4.98 Å². The second-order valence-electron chi connectivity index (χ2n) is 7.00. The number of para-hydroxylation sites is 1. The summed E-state index contributed by atoms with van der Waals surface area (Å²) in [6, 6.07) is 4.79. The van der Waals surface area contributed by atoms with Gasteiger partial charge in [-0.1, -0.05) is 13.0 Å². The van der Waals surface area contributed by atoms with Gasteiger partial charge in [0.25, 0.3) is 5.91 Å². The Kier molecular flexibility index (Phi) is 8.00. The quantitative estimate of drug-likeness (QED) is 0.348. The van der Waals surface area contributed by atoms with E-state index in [0.29, 0.717) is 16.7 Å². The summed E-state index contributed by atoms with van der Waals surface area (Å²) in [7, 11) is 0. The van der Waals surface area contributed by atoms with Gasteiger partial charge in [-0.15, -0.1) is 11.3 Å². The van der Waals surface area contributed by atoms with E-state index < -0.39 is 29.9 Å². The number of nitrogens with one attached hydrogen (secondary N) is 1. The molecule has 34 heavy (non-hydrogen) atoms. The molecule has 2 aromatic heterocycles. The van der Waals surface area contributed by atoms with Crippen LogP contribution in [0.5, 0.6) is 0 Å². The van der Waals surface area contributed by atoms with Crippen molar-refractivity contribution in [3.05, 3.63) is 46.2 Å². The number of benzene rings is 1.